The zero-order chi connectivity index (χ0) is 36.7. The molecule has 3 amide bonds. The molecular formula is C38H45N7O5S2. The van der Waals surface area contributed by atoms with Crippen LogP contribution in [-0.2, 0) is 14.3 Å². The summed E-state index contributed by atoms with van der Waals surface area (Å²) in [5, 5.41) is 2.71. The molecule has 2 aliphatic rings. The normalized spacial score (nSPS) is 18.4. The summed E-state index contributed by atoms with van der Waals surface area (Å²) in [5.74, 6) is 1.33. The second-order valence-corrected chi connectivity index (χ2v) is 16.9. The fourth-order valence-corrected chi connectivity index (χ4v) is 9.36. The summed E-state index contributed by atoms with van der Waals surface area (Å²) in [6.45, 7) is 10.7. The number of likely N-dealkylation sites (tertiary alicyclic amines) is 2. The van der Waals surface area contributed by atoms with Gasteiger partial charge in [-0.3, -0.25) is 9.69 Å². The van der Waals surface area contributed by atoms with Crippen molar-refractivity contribution in [2.45, 2.75) is 84.0 Å². The maximum Gasteiger partial charge on any atom is 0.410 e. The maximum absolute atomic E-state index is 13.5. The van der Waals surface area contributed by atoms with Crippen LogP contribution in [0.25, 0.3) is 41.7 Å². The molecule has 52 heavy (non-hydrogen) atoms. The van der Waals surface area contributed by atoms with Crippen LogP contribution in [0.5, 0.6) is 0 Å². The number of hydrogen-bond acceptors (Lipinski definition) is 9. The van der Waals surface area contributed by atoms with Gasteiger partial charge in [-0.1, -0.05) is 38.1 Å². The molecule has 0 aliphatic carbocycles. The number of H-pyrrole nitrogens is 2. The van der Waals surface area contributed by atoms with Crippen LogP contribution in [0.4, 0.5) is 9.59 Å². The molecule has 7 rings (SSSR count). The van der Waals surface area contributed by atoms with E-state index in [9.17, 15) is 14.4 Å². The summed E-state index contributed by atoms with van der Waals surface area (Å²) < 4.78 is 12.8. The van der Waals surface area contributed by atoms with Crippen LogP contribution in [-0.4, -0.2) is 79.7 Å². The molecule has 5 aromatic rings. The molecule has 0 unspecified atom stereocenters. The first-order valence-electron chi connectivity index (χ1n) is 17.8. The van der Waals surface area contributed by atoms with Crippen LogP contribution in [0, 0.1) is 5.92 Å². The number of aromatic amines is 2. The highest BCUT2D eigenvalue weighted by molar-refractivity contribution is 7.31. The molecule has 14 heteroatoms. The lowest BCUT2D eigenvalue weighted by atomic mass is 10.0. The monoisotopic (exact) mass is 743 g/mol. The van der Waals surface area contributed by atoms with Crippen molar-refractivity contribution in [3.63, 3.8) is 0 Å². The molecule has 2 aliphatic heterocycles. The molecule has 3 N–H and O–H groups in total. The summed E-state index contributed by atoms with van der Waals surface area (Å²) in [7, 11) is 1.30. The summed E-state index contributed by atoms with van der Waals surface area (Å²) in [4.78, 5) is 60.5. The van der Waals surface area contributed by atoms with E-state index in [4.69, 9.17) is 14.5 Å². The van der Waals surface area contributed by atoms with E-state index in [-0.39, 0.29) is 30.0 Å². The van der Waals surface area contributed by atoms with Crippen molar-refractivity contribution in [3.8, 4) is 32.3 Å². The average molecular weight is 744 g/mol. The quantitative estimate of drug-likeness (QED) is 0.144. The van der Waals surface area contributed by atoms with Gasteiger partial charge in [0, 0.05) is 27.4 Å². The van der Waals surface area contributed by atoms with Crippen molar-refractivity contribution in [1.29, 1.82) is 0 Å². The van der Waals surface area contributed by atoms with Crippen molar-refractivity contribution in [2.24, 2.45) is 5.92 Å². The average Bonchev–Trinajstić information content (AvgIpc) is 3.94. The molecule has 2 fully saturated rings. The van der Waals surface area contributed by atoms with E-state index in [2.05, 4.69) is 56.7 Å². The number of imidazole rings is 2. The van der Waals surface area contributed by atoms with Crippen LogP contribution in [0.3, 0.4) is 0 Å². The largest absolute Gasteiger partial charge is 0.453 e. The number of aromatic nitrogens is 4. The number of fused-ring (bicyclic) bond motifs is 1. The Bertz CT molecular complexity index is 2040. The zero-order valence-corrected chi connectivity index (χ0v) is 32.0. The number of methoxy groups -OCH3 is 1. The van der Waals surface area contributed by atoms with E-state index in [0.29, 0.717) is 13.1 Å². The molecule has 0 saturated carbocycles. The van der Waals surface area contributed by atoms with Gasteiger partial charge in [0.25, 0.3) is 0 Å². The van der Waals surface area contributed by atoms with E-state index in [1.165, 1.54) is 21.4 Å². The van der Waals surface area contributed by atoms with Crippen LogP contribution in [0.2, 0.25) is 0 Å². The summed E-state index contributed by atoms with van der Waals surface area (Å²) >= 11 is 3.47. The van der Waals surface area contributed by atoms with E-state index in [1.54, 1.807) is 27.6 Å². The number of alkyl carbamates (subject to hydrolysis) is 1. The van der Waals surface area contributed by atoms with Crippen LogP contribution < -0.4 is 5.32 Å². The minimum atomic E-state index is -0.671. The fraction of sp³-hybridized carbons (Fsp3) is 0.447. The number of amides is 3. The number of nitrogens with one attached hydrogen (secondary N) is 3. The van der Waals surface area contributed by atoms with Crippen molar-refractivity contribution in [2.75, 3.05) is 20.2 Å². The Labute approximate surface area is 310 Å². The highest BCUT2D eigenvalue weighted by atomic mass is 32.1. The summed E-state index contributed by atoms with van der Waals surface area (Å²) in [6, 6.07) is 11.9. The first-order chi connectivity index (χ1) is 24.9. The van der Waals surface area contributed by atoms with E-state index in [1.807, 2.05) is 51.9 Å². The van der Waals surface area contributed by atoms with E-state index >= 15 is 0 Å². The third kappa shape index (κ3) is 7.31. The fourth-order valence-electron chi connectivity index (χ4n) is 6.99. The Balaban J connectivity index is 1.02. The minimum Gasteiger partial charge on any atom is -0.453 e. The topological polar surface area (TPSA) is 146 Å². The first-order valence-corrected chi connectivity index (χ1v) is 19.4. The number of nitrogens with zero attached hydrogens (tertiary/aromatic N) is 4. The molecule has 12 nitrogen and oxygen atoms in total. The molecule has 0 radical (unpaired) electrons. The van der Waals surface area contributed by atoms with Gasteiger partial charge in [-0.15, -0.1) is 22.7 Å². The molecule has 3 atom stereocenters. The molecule has 0 spiro atoms. The van der Waals surface area contributed by atoms with E-state index < -0.39 is 17.7 Å². The lowest BCUT2D eigenvalue weighted by molar-refractivity contribution is -0.135. The van der Waals surface area contributed by atoms with Crippen molar-refractivity contribution >= 4 is 50.2 Å². The predicted octanol–water partition coefficient (Wildman–Crippen LogP) is 8.53. The zero-order valence-electron chi connectivity index (χ0n) is 30.3. The van der Waals surface area contributed by atoms with Crippen LogP contribution in [0.15, 0.2) is 48.8 Å². The molecule has 4 aromatic heterocycles. The van der Waals surface area contributed by atoms with Crippen molar-refractivity contribution in [3.05, 3.63) is 60.4 Å². The molecule has 1 aromatic carbocycles. The van der Waals surface area contributed by atoms with Crippen LogP contribution >= 0.6 is 22.7 Å². The number of benzene rings is 1. The molecule has 274 valence electrons. The number of rotatable bonds is 8. The van der Waals surface area contributed by atoms with Gasteiger partial charge in [0.05, 0.1) is 47.9 Å². The third-order valence-electron chi connectivity index (χ3n) is 9.58. The second kappa shape index (κ2) is 14.4. The number of carbonyl (C=O) groups excluding carboxylic acids is 3. The van der Waals surface area contributed by atoms with Crippen molar-refractivity contribution < 1.29 is 23.9 Å². The van der Waals surface area contributed by atoms with Gasteiger partial charge in [0.15, 0.2) is 0 Å². The lowest BCUT2D eigenvalue weighted by Gasteiger charge is -2.30. The van der Waals surface area contributed by atoms with Gasteiger partial charge in [-0.25, -0.2) is 19.6 Å². The number of hydrogen-bond donors (Lipinski definition) is 3. The van der Waals surface area contributed by atoms with Gasteiger partial charge in [-0.2, -0.15) is 0 Å². The van der Waals surface area contributed by atoms with Gasteiger partial charge in [-0.05, 0) is 75.6 Å². The van der Waals surface area contributed by atoms with Gasteiger partial charge in [0.2, 0.25) is 5.91 Å². The Hall–Kier alpha value is -4.69. The summed E-state index contributed by atoms with van der Waals surface area (Å²) in [6.07, 6.45) is 6.21. The smallest absolute Gasteiger partial charge is 0.410 e. The molecule has 2 saturated heterocycles. The van der Waals surface area contributed by atoms with Gasteiger partial charge < -0.3 is 29.7 Å². The summed E-state index contributed by atoms with van der Waals surface area (Å²) in [5.41, 5.74) is 3.46. The Morgan fingerprint density at radius 1 is 0.846 bits per heavy atom. The number of carbonyl (C=O) groups is 3. The number of thiophene rings is 2. The second-order valence-electron chi connectivity index (χ2n) is 14.8. The first kappa shape index (κ1) is 35.7. The Kier molecular flexibility index (Phi) is 9.87. The predicted molar refractivity (Wildman–Crippen MR) is 203 cm³/mol. The van der Waals surface area contributed by atoms with Gasteiger partial charge in [0.1, 0.15) is 23.3 Å². The highest BCUT2D eigenvalue weighted by Gasteiger charge is 2.38. The Morgan fingerprint density at radius 2 is 1.40 bits per heavy atom. The standard InChI is InChI=1S/C38H45N7O5S2/c1-21(2)32(43-36(47)49-6)35(46)44-15-7-9-26(44)33-40-20-25(42-33)29-18-31-30(52-29)17-28(51-31)23-13-11-22(12-14-23)24-19-39-34(41-24)27-10-8-16-45(27)37(48)50-38(3,4)5/h11-14,17-21,26-27,32H,7-10,15-16H2,1-6H3,(H,39,41)(H,40,42)(H,43,47)/t26-,27-,32-/m0/s1. The lowest BCUT2D eigenvalue weighted by Crippen LogP contribution is -2.51. The molecule has 6 heterocycles. The van der Waals surface area contributed by atoms with Crippen molar-refractivity contribution in [1.82, 2.24) is 35.1 Å². The SMILES string of the molecule is COC(=O)N[C@H](C(=O)N1CCC[C@H]1c1ncc(-c2cc3sc(-c4ccc(-c5cnc([C@@H]6CCCN6C(=O)OC(C)(C)C)[nH]5)cc4)cc3s2)[nH]1)C(C)C. The Morgan fingerprint density at radius 3 is 2.04 bits per heavy atom. The minimum absolute atomic E-state index is 0.0897. The molecular weight excluding hydrogens is 699 g/mol. The number of ether oxygens (including phenoxy) is 2. The highest BCUT2D eigenvalue weighted by Crippen LogP contribution is 2.42. The maximum atomic E-state index is 13.5. The van der Waals surface area contributed by atoms with Gasteiger partial charge >= 0.3 is 12.2 Å². The third-order valence-corrected chi connectivity index (χ3v) is 12.0. The molecule has 0 bridgehead atoms. The van der Waals surface area contributed by atoms with E-state index in [0.717, 1.165) is 64.7 Å². The van der Waals surface area contributed by atoms with Crippen LogP contribution in [0.1, 0.15) is 84.0 Å².